The standard InChI is InChI=1S/C18H31N3O2/c1-2-4-16(22)20-12-14-5-3-10-21(13-14)17(23)15-11-18(15)6-8-19-9-7-18/h14-15,19H,2-13H2,1H3,(H,20,22). The lowest BCUT2D eigenvalue weighted by Crippen LogP contribution is -2.45. The molecule has 3 aliphatic rings. The van der Waals surface area contributed by atoms with Crippen LogP contribution in [0.5, 0.6) is 0 Å². The van der Waals surface area contributed by atoms with Gasteiger partial charge < -0.3 is 15.5 Å². The van der Waals surface area contributed by atoms with E-state index in [2.05, 4.69) is 15.5 Å². The molecule has 2 atom stereocenters. The number of hydrogen-bond donors (Lipinski definition) is 2. The lowest BCUT2D eigenvalue weighted by molar-refractivity contribution is -0.135. The zero-order valence-electron chi connectivity index (χ0n) is 14.4. The van der Waals surface area contributed by atoms with Crippen LogP contribution in [-0.2, 0) is 9.59 Å². The van der Waals surface area contributed by atoms with Crippen molar-refractivity contribution in [3.05, 3.63) is 0 Å². The lowest BCUT2D eigenvalue weighted by Gasteiger charge is -2.34. The van der Waals surface area contributed by atoms with E-state index in [-0.39, 0.29) is 11.8 Å². The summed E-state index contributed by atoms with van der Waals surface area (Å²) in [6.45, 7) is 6.61. The van der Waals surface area contributed by atoms with Crippen LogP contribution in [0, 0.1) is 17.3 Å². The van der Waals surface area contributed by atoms with E-state index < -0.39 is 0 Å². The fraction of sp³-hybridized carbons (Fsp3) is 0.889. The van der Waals surface area contributed by atoms with E-state index >= 15 is 0 Å². The minimum Gasteiger partial charge on any atom is -0.356 e. The maximum absolute atomic E-state index is 12.8. The Morgan fingerprint density at radius 2 is 2.09 bits per heavy atom. The van der Waals surface area contributed by atoms with Gasteiger partial charge in [0.25, 0.3) is 0 Å². The van der Waals surface area contributed by atoms with Crippen molar-refractivity contribution in [1.29, 1.82) is 0 Å². The fourth-order valence-corrected chi connectivity index (χ4v) is 4.40. The molecule has 1 saturated carbocycles. The first-order chi connectivity index (χ1) is 11.1. The number of nitrogens with one attached hydrogen (secondary N) is 2. The molecule has 2 aliphatic heterocycles. The number of amides is 2. The molecule has 3 rings (SSSR count). The van der Waals surface area contributed by atoms with Crippen LogP contribution >= 0.6 is 0 Å². The molecule has 5 nitrogen and oxygen atoms in total. The fourth-order valence-electron chi connectivity index (χ4n) is 4.40. The van der Waals surface area contributed by atoms with Crippen molar-refractivity contribution in [2.24, 2.45) is 17.3 Å². The third-order valence-corrected chi connectivity index (χ3v) is 5.98. The van der Waals surface area contributed by atoms with Crippen molar-refractivity contribution >= 4 is 11.8 Å². The quantitative estimate of drug-likeness (QED) is 0.807. The minimum absolute atomic E-state index is 0.145. The number of nitrogens with zero attached hydrogens (tertiary/aromatic N) is 1. The monoisotopic (exact) mass is 321 g/mol. The molecular weight excluding hydrogens is 290 g/mol. The maximum atomic E-state index is 12.8. The first kappa shape index (κ1) is 16.7. The lowest BCUT2D eigenvalue weighted by atomic mass is 9.91. The Morgan fingerprint density at radius 3 is 2.83 bits per heavy atom. The molecule has 0 aromatic rings. The van der Waals surface area contributed by atoms with Crippen molar-refractivity contribution < 1.29 is 9.59 Å². The largest absolute Gasteiger partial charge is 0.356 e. The summed E-state index contributed by atoms with van der Waals surface area (Å²) in [5, 5.41) is 6.43. The summed E-state index contributed by atoms with van der Waals surface area (Å²) in [6, 6.07) is 0. The molecule has 2 N–H and O–H groups in total. The summed E-state index contributed by atoms with van der Waals surface area (Å²) in [5.41, 5.74) is 0.324. The number of hydrogen-bond acceptors (Lipinski definition) is 3. The highest BCUT2D eigenvalue weighted by atomic mass is 16.2. The molecule has 2 unspecified atom stereocenters. The summed E-state index contributed by atoms with van der Waals surface area (Å²) in [4.78, 5) is 26.5. The number of carbonyl (C=O) groups is 2. The van der Waals surface area contributed by atoms with Crippen LogP contribution < -0.4 is 10.6 Å². The van der Waals surface area contributed by atoms with Crippen LogP contribution in [0.15, 0.2) is 0 Å². The van der Waals surface area contributed by atoms with E-state index in [0.717, 1.165) is 71.2 Å². The molecule has 5 heteroatoms. The van der Waals surface area contributed by atoms with Crippen LogP contribution in [0.25, 0.3) is 0 Å². The van der Waals surface area contributed by atoms with Gasteiger partial charge in [0.1, 0.15) is 0 Å². The Bertz CT molecular complexity index is 446. The van der Waals surface area contributed by atoms with Gasteiger partial charge >= 0.3 is 0 Å². The van der Waals surface area contributed by atoms with Crippen LogP contribution in [0.3, 0.4) is 0 Å². The number of carbonyl (C=O) groups excluding carboxylic acids is 2. The second-order valence-corrected chi connectivity index (χ2v) is 7.72. The predicted molar refractivity (Wildman–Crippen MR) is 89.9 cm³/mol. The second kappa shape index (κ2) is 7.20. The normalized spacial score (nSPS) is 29.3. The Morgan fingerprint density at radius 1 is 1.30 bits per heavy atom. The Kier molecular flexibility index (Phi) is 5.24. The average Bonchev–Trinajstić information content (AvgIpc) is 3.26. The number of rotatable bonds is 5. The number of piperidine rings is 2. The average molecular weight is 321 g/mol. The first-order valence-corrected chi connectivity index (χ1v) is 9.41. The van der Waals surface area contributed by atoms with Crippen molar-refractivity contribution in [3.63, 3.8) is 0 Å². The van der Waals surface area contributed by atoms with E-state index in [1.165, 1.54) is 0 Å². The molecular formula is C18H31N3O2. The first-order valence-electron chi connectivity index (χ1n) is 9.41. The van der Waals surface area contributed by atoms with Gasteiger partial charge in [-0.05, 0) is 62.9 Å². The summed E-state index contributed by atoms with van der Waals surface area (Å²) in [5.74, 6) is 1.23. The van der Waals surface area contributed by atoms with Gasteiger partial charge in [-0.1, -0.05) is 6.92 Å². The van der Waals surface area contributed by atoms with Crippen LogP contribution in [0.1, 0.15) is 51.9 Å². The van der Waals surface area contributed by atoms with Gasteiger partial charge in [0.2, 0.25) is 11.8 Å². The van der Waals surface area contributed by atoms with E-state index in [1.807, 2.05) is 6.92 Å². The van der Waals surface area contributed by atoms with Gasteiger partial charge in [-0.15, -0.1) is 0 Å². The summed E-state index contributed by atoms with van der Waals surface area (Å²) in [7, 11) is 0. The van der Waals surface area contributed by atoms with Gasteiger partial charge in [0.05, 0.1) is 0 Å². The Balaban J connectivity index is 1.47. The molecule has 2 saturated heterocycles. The van der Waals surface area contributed by atoms with Crippen LogP contribution in [-0.4, -0.2) is 49.4 Å². The van der Waals surface area contributed by atoms with Crippen LogP contribution in [0.2, 0.25) is 0 Å². The molecule has 1 aliphatic carbocycles. The molecule has 0 aromatic heterocycles. The molecule has 130 valence electrons. The Labute approximate surface area is 139 Å². The maximum Gasteiger partial charge on any atom is 0.226 e. The highest BCUT2D eigenvalue weighted by molar-refractivity contribution is 5.83. The van der Waals surface area contributed by atoms with Gasteiger partial charge in [-0.3, -0.25) is 9.59 Å². The van der Waals surface area contributed by atoms with E-state index in [4.69, 9.17) is 0 Å². The van der Waals surface area contributed by atoms with Gasteiger partial charge in [-0.25, -0.2) is 0 Å². The highest BCUT2D eigenvalue weighted by Gasteiger charge is 2.58. The third kappa shape index (κ3) is 3.87. The van der Waals surface area contributed by atoms with Crippen LogP contribution in [0.4, 0.5) is 0 Å². The molecule has 0 radical (unpaired) electrons. The van der Waals surface area contributed by atoms with Crippen molar-refractivity contribution in [2.45, 2.75) is 51.9 Å². The Hall–Kier alpha value is -1.10. The van der Waals surface area contributed by atoms with Crippen molar-refractivity contribution in [3.8, 4) is 0 Å². The van der Waals surface area contributed by atoms with E-state index in [1.54, 1.807) is 0 Å². The van der Waals surface area contributed by atoms with Gasteiger partial charge in [0, 0.05) is 32.0 Å². The van der Waals surface area contributed by atoms with Gasteiger partial charge in [-0.2, -0.15) is 0 Å². The number of likely N-dealkylation sites (tertiary alicyclic amines) is 1. The zero-order chi connectivity index (χ0) is 16.3. The predicted octanol–water partition coefficient (Wildman–Crippen LogP) is 1.53. The molecule has 3 fully saturated rings. The summed E-state index contributed by atoms with van der Waals surface area (Å²) < 4.78 is 0. The topological polar surface area (TPSA) is 61.4 Å². The van der Waals surface area contributed by atoms with Crippen molar-refractivity contribution in [2.75, 3.05) is 32.7 Å². The minimum atomic E-state index is 0.145. The van der Waals surface area contributed by atoms with Gasteiger partial charge in [0.15, 0.2) is 0 Å². The van der Waals surface area contributed by atoms with E-state index in [9.17, 15) is 9.59 Å². The molecule has 2 heterocycles. The highest BCUT2D eigenvalue weighted by Crippen LogP contribution is 2.59. The third-order valence-electron chi connectivity index (χ3n) is 5.98. The molecule has 0 aromatic carbocycles. The SMILES string of the molecule is CCCC(=O)NCC1CCCN(C(=O)C2CC23CCNCC3)C1. The van der Waals surface area contributed by atoms with E-state index in [0.29, 0.717) is 23.7 Å². The molecule has 2 amide bonds. The molecule has 23 heavy (non-hydrogen) atoms. The summed E-state index contributed by atoms with van der Waals surface area (Å²) in [6.07, 6.45) is 7.11. The smallest absolute Gasteiger partial charge is 0.226 e. The molecule has 0 bridgehead atoms. The van der Waals surface area contributed by atoms with Crippen molar-refractivity contribution in [1.82, 2.24) is 15.5 Å². The summed E-state index contributed by atoms with van der Waals surface area (Å²) >= 11 is 0. The second-order valence-electron chi connectivity index (χ2n) is 7.72. The molecule has 1 spiro atoms. The zero-order valence-corrected chi connectivity index (χ0v) is 14.4.